The van der Waals surface area contributed by atoms with Crippen molar-refractivity contribution >= 4 is 0 Å². The minimum Gasteiger partial charge on any atom is -0.490 e. The second kappa shape index (κ2) is 5.70. The van der Waals surface area contributed by atoms with Gasteiger partial charge in [-0.15, -0.1) is 0 Å². The third-order valence-electron chi connectivity index (χ3n) is 3.24. The average Bonchev–Trinajstić information content (AvgIpc) is 2.36. The van der Waals surface area contributed by atoms with Crippen LogP contribution >= 0.6 is 0 Å². The van der Waals surface area contributed by atoms with Gasteiger partial charge in [-0.25, -0.2) is 0 Å². The van der Waals surface area contributed by atoms with Gasteiger partial charge >= 0.3 is 0 Å². The predicted molar refractivity (Wildman–Crippen MR) is 68.9 cm³/mol. The van der Waals surface area contributed by atoms with Crippen LogP contribution in [0.1, 0.15) is 37.8 Å². The van der Waals surface area contributed by atoms with Crippen molar-refractivity contribution in [2.45, 2.75) is 39.2 Å². The molecule has 0 spiro atoms. The first-order valence-corrected chi connectivity index (χ1v) is 5.97. The molecule has 1 aromatic carbocycles. The normalized spacial score (nSPS) is 11.0. The number of hydrogen-bond acceptors (Lipinski definition) is 3. The minimum atomic E-state index is -0.311. The van der Waals surface area contributed by atoms with Crippen molar-refractivity contribution in [3.8, 4) is 11.8 Å². The molecule has 0 aliphatic rings. The van der Waals surface area contributed by atoms with Crippen LogP contribution in [0.3, 0.4) is 0 Å². The third kappa shape index (κ3) is 3.21. The maximum Gasteiger partial charge on any atom is 0.140 e. The van der Waals surface area contributed by atoms with Gasteiger partial charge in [-0.1, -0.05) is 26.0 Å². The lowest BCUT2D eigenvalue weighted by Crippen LogP contribution is -2.44. The summed E-state index contributed by atoms with van der Waals surface area (Å²) < 4.78 is 5.76. The van der Waals surface area contributed by atoms with Crippen molar-refractivity contribution in [3.05, 3.63) is 29.3 Å². The zero-order chi connectivity index (χ0) is 12.9. The molecule has 92 valence electrons. The van der Waals surface area contributed by atoms with Crippen LogP contribution in [0, 0.1) is 18.3 Å². The van der Waals surface area contributed by atoms with Crippen LogP contribution < -0.4 is 10.5 Å². The van der Waals surface area contributed by atoms with E-state index in [1.807, 2.05) is 19.1 Å². The predicted octanol–water partition coefficient (Wildman–Crippen LogP) is 2.76. The van der Waals surface area contributed by atoms with Gasteiger partial charge in [0.15, 0.2) is 0 Å². The van der Waals surface area contributed by atoms with Crippen molar-refractivity contribution in [2.24, 2.45) is 5.73 Å². The fourth-order valence-corrected chi connectivity index (χ4v) is 1.60. The molecule has 0 heterocycles. The molecule has 0 amide bonds. The first-order chi connectivity index (χ1) is 8.06. The monoisotopic (exact) mass is 232 g/mol. The van der Waals surface area contributed by atoms with Crippen LogP contribution in [-0.2, 0) is 0 Å². The zero-order valence-corrected chi connectivity index (χ0v) is 10.8. The van der Waals surface area contributed by atoms with E-state index in [1.54, 1.807) is 6.07 Å². The largest absolute Gasteiger partial charge is 0.490 e. The molecule has 1 rings (SSSR count). The summed E-state index contributed by atoms with van der Waals surface area (Å²) in [5.41, 5.74) is 7.41. The highest BCUT2D eigenvalue weighted by atomic mass is 16.5. The Bertz CT molecular complexity index is 417. The summed E-state index contributed by atoms with van der Waals surface area (Å²) in [4.78, 5) is 0. The summed E-state index contributed by atoms with van der Waals surface area (Å²) in [6, 6.07) is 7.70. The van der Waals surface area contributed by atoms with Gasteiger partial charge in [0.1, 0.15) is 18.4 Å². The number of nitriles is 1. The van der Waals surface area contributed by atoms with Gasteiger partial charge in [-0.05, 0) is 31.4 Å². The van der Waals surface area contributed by atoms with E-state index in [-0.39, 0.29) is 5.54 Å². The number of benzene rings is 1. The second-order valence-electron chi connectivity index (χ2n) is 4.42. The molecule has 0 saturated heterocycles. The molecule has 2 N–H and O–H groups in total. The topological polar surface area (TPSA) is 59.0 Å². The Balaban J connectivity index is 2.86. The average molecular weight is 232 g/mol. The Morgan fingerprint density at radius 2 is 2.00 bits per heavy atom. The first kappa shape index (κ1) is 13.5. The van der Waals surface area contributed by atoms with Crippen LogP contribution in [0.25, 0.3) is 0 Å². The zero-order valence-electron chi connectivity index (χ0n) is 10.8. The Labute approximate surface area is 103 Å². The molecule has 0 unspecified atom stereocenters. The molecular weight excluding hydrogens is 212 g/mol. The standard InChI is InChI=1S/C14H20N2O/c1-4-14(16,5-2)10-17-13-11(3)7-6-8-12(13)9-15/h6-8H,4-5,10,16H2,1-3H3. The Kier molecular flexibility index (Phi) is 4.53. The summed E-state index contributed by atoms with van der Waals surface area (Å²) in [7, 11) is 0. The van der Waals surface area contributed by atoms with Gasteiger partial charge < -0.3 is 10.5 Å². The highest BCUT2D eigenvalue weighted by Gasteiger charge is 2.22. The van der Waals surface area contributed by atoms with Gasteiger partial charge in [-0.2, -0.15) is 5.26 Å². The summed E-state index contributed by atoms with van der Waals surface area (Å²) >= 11 is 0. The van der Waals surface area contributed by atoms with E-state index >= 15 is 0 Å². The van der Waals surface area contributed by atoms with Crippen LogP contribution in [0.5, 0.6) is 5.75 Å². The fraction of sp³-hybridized carbons (Fsp3) is 0.500. The summed E-state index contributed by atoms with van der Waals surface area (Å²) in [6.07, 6.45) is 1.72. The van der Waals surface area contributed by atoms with Crippen molar-refractivity contribution in [1.29, 1.82) is 5.26 Å². The fourth-order valence-electron chi connectivity index (χ4n) is 1.60. The SMILES string of the molecule is CCC(N)(CC)COc1c(C)cccc1C#N. The van der Waals surface area contributed by atoms with Gasteiger partial charge in [0.25, 0.3) is 0 Å². The van der Waals surface area contributed by atoms with E-state index < -0.39 is 0 Å². The van der Waals surface area contributed by atoms with Crippen LogP contribution in [0.4, 0.5) is 0 Å². The number of rotatable bonds is 5. The van der Waals surface area contributed by atoms with E-state index in [2.05, 4.69) is 19.9 Å². The molecule has 0 atom stereocenters. The molecule has 3 heteroatoms. The Hall–Kier alpha value is -1.53. The highest BCUT2D eigenvalue weighted by molar-refractivity contribution is 5.47. The molecule has 0 saturated carbocycles. The van der Waals surface area contributed by atoms with Crippen molar-refractivity contribution in [2.75, 3.05) is 6.61 Å². The molecule has 0 fully saturated rings. The molecule has 0 aliphatic heterocycles. The molecule has 0 aliphatic carbocycles. The molecule has 17 heavy (non-hydrogen) atoms. The number of nitrogens with two attached hydrogens (primary N) is 1. The summed E-state index contributed by atoms with van der Waals surface area (Å²) in [5.74, 6) is 0.659. The third-order valence-corrected chi connectivity index (χ3v) is 3.24. The van der Waals surface area contributed by atoms with Crippen molar-refractivity contribution in [1.82, 2.24) is 0 Å². The maximum atomic E-state index is 9.03. The van der Waals surface area contributed by atoms with E-state index in [0.29, 0.717) is 17.9 Å². The van der Waals surface area contributed by atoms with E-state index in [9.17, 15) is 0 Å². The quantitative estimate of drug-likeness (QED) is 0.849. The number of para-hydroxylation sites is 1. The first-order valence-electron chi connectivity index (χ1n) is 5.97. The molecular formula is C14H20N2O. The van der Waals surface area contributed by atoms with Crippen LogP contribution in [-0.4, -0.2) is 12.1 Å². The highest BCUT2D eigenvalue weighted by Crippen LogP contribution is 2.24. The number of nitrogens with zero attached hydrogens (tertiary/aromatic N) is 1. The van der Waals surface area contributed by atoms with Crippen molar-refractivity contribution < 1.29 is 4.74 Å². The lowest BCUT2D eigenvalue weighted by molar-refractivity contribution is 0.205. The molecule has 0 radical (unpaired) electrons. The van der Waals surface area contributed by atoms with Gasteiger partial charge in [0.2, 0.25) is 0 Å². The van der Waals surface area contributed by atoms with E-state index in [4.69, 9.17) is 15.7 Å². The van der Waals surface area contributed by atoms with Gasteiger partial charge in [-0.3, -0.25) is 0 Å². The van der Waals surface area contributed by atoms with Crippen molar-refractivity contribution in [3.63, 3.8) is 0 Å². The lowest BCUT2D eigenvalue weighted by atomic mass is 9.95. The number of ether oxygens (including phenoxy) is 1. The van der Waals surface area contributed by atoms with Gasteiger partial charge in [0.05, 0.1) is 5.56 Å². The Morgan fingerprint density at radius 1 is 1.35 bits per heavy atom. The Morgan fingerprint density at radius 3 is 2.53 bits per heavy atom. The smallest absolute Gasteiger partial charge is 0.140 e. The van der Waals surface area contributed by atoms with Gasteiger partial charge in [0, 0.05) is 5.54 Å². The molecule has 1 aromatic rings. The summed E-state index contributed by atoms with van der Waals surface area (Å²) in [6.45, 7) is 6.48. The van der Waals surface area contributed by atoms with Crippen LogP contribution in [0.2, 0.25) is 0 Å². The summed E-state index contributed by atoms with van der Waals surface area (Å²) in [5, 5.41) is 9.03. The van der Waals surface area contributed by atoms with Crippen LogP contribution in [0.15, 0.2) is 18.2 Å². The number of aryl methyl sites for hydroxylation is 1. The van der Waals surface area contributed by atoms with E-state index in [1.165, 1.54) is 0 Å². The molecule has 0 bridgehead atoms. The minimum absolute atomic E-state index is 0.311. The lowest BCUT2D eigenvalue weighted by Gasteiger charge is -2.27. The number of hydrogen-bond donors (Lipinski definition) is 1. The second-order valence-corrected chi connectivity index (χ2v) is 4.42. The maximum absolute atomic E-state index is 9.03. The van der Waals surface area contributed by atoms with E-state index in [0.717, 1.165) is 18.4 Å². The molecule has 3 nitrogen and oxygen atoms in total. The molecule has 0 aromatic heterocycles.